The van der Waals surface area contributed by atoms with E-state index in [0.717, 1.165) is 68.0 Å². The van der Waals surface area contributed by atoms with Crippen molar-refractivity contribution in [1.82, 2.24) is 10.2 Å². The summed E-state index contributed by atoms with van der Waals surface area (Å²) in [6, 6.07) is 4.24. The first-order valence-corrected chi connectivity index (χ1v) is 8.67. The van der Waals surface area contributed by atoms with E-state index in [2.05, 4.69) is 38.3 Å². The second-order valence-electron chi connectivity index (χ2n) is 6.20. The summed E-state index contributed by atoms with van der Waals surface area (Å²) in [5, 5.41) is 3.39. The lowest BCUT2D eigenvalue weighted by atomic mass is 9.91. The predicted octanol–water partition coefficient (Wildman–Crippen LogP) is 2.55. The smallest absolute Gasteiger partial charge is 0.251 e. The third-order valence-electron chi connectivity index (χ3n) is 4.73. The Morgan fingerprint density at radius 3 is 2.52 bits per heavy atom. The molecule has 4 nitrogen and oxygen atoms in total. The van der Waals surface area contributed by atoms with Crippen molar-refractivity contribution in [2.45, 2.75) is 31.5 Å². The minimum atomic E-state index is -0.334. The van der Waals surface area contributed by atoms with Gasteiger partial charge in [0.2, 0.25) is 0 Å². The van der Waals surface area contributed by atoms with Gasteiger partial charge in [0.25, 0.3) is 5.79 Å². The van der Waals surface area contributed by atoms with Crippen LogP contribution in [0.2, 0.25) is 0 Å². The molecule has 0 atom stereocenters. The van der Waals surface area contributed by atoms with Crippen LogP contribution in [0.1, 0.15) is 24.8 Å². The fourth-order valence-electron chi connectivity index (χ4n) is 3.23. The summed E-state index contributed by atoms with van der Waals surface area (Å²) < 4.78 is 13.2. The van der Waals surface area contributed by atoms with Crippen LogP contribution < -0.4 is 14.8 Å². The SMILES string of the molecule is Brc1cc2c(cc1CCN1CCNCC1)OC1(CCC1)O2. The molecule has 21 heavy (non-hydrogen) atoms. The van der Waals surface area contributed by atoms with E-state index >= 15 is 0 Å². The van der Waals surface area contributed by atoms with E-state index in [9.17, 15) is 0 Å². The molecule has 2 fully saturated rings. The van der Waals surface area contributed by atoms with Crippen molar-refractivity contribution >= 4 is 15.9 Å². The highest BCUT2D eigenvalue weighted by atomic mass is 79.9. The van der Waals surface area contributed by atoms with Crippen LogP contribution >= 0.6 is 15.9 Å². The highest BCUT2D eigenvalue weighted by Crippen LogP contribution is 2.49. The Morgan fingerprint density at radius 2 is 1.86 bits per heavy atom. The van der Waals surface area contributed by atoms with Crippen molar-refractivity contribution in [2.24, 2.45) is 0 Å². The van der Waals surface area contributed by atoms with Gasteiger partial charge in [0, 0.05) is 50.0 Å². The van der Waals surface area contributed by atoms with Crippen molar-refractivity contribution in [1.29, 1.82) is 0 Å². The number of fused-ring (bicyclic) bond motifs is 1. The van der Waals surface area contributed by atoms with Crippen LogP contribution in [-0.4, -0.2) is 43.4 Å². The second-order valence-corrected chi connectivity index (χ2v) is 7.05. The number of hydrogen-bond donors (Lipinski definition) is 1. The molecule has 1 aromatic rings. The highest BCUT2D eigenvalue weighted by molar-refractivity contribution is 9.10. The van der Waals surface area contributed by atoms with Crippen molar-refractivity contribution in [3.8, 4) is 11.5 Å². The Bertz CT molecular complexity index is 539. The number of piperazine rings is 1. The van der Waals surface area contributed by atoms with Gasteiger partial charge in [0.05, 0.1) is 0 Å². The predicted molar refractivity (Wildman–Crippen MR) is 85.0 cm³/mol. The Labute approximate surface area is 133 Å². The van der Waals surface area contributed by atoms with Gasteiger partial charge in [-0.25, -0.2) is 0 Å². The zero-order valence-corrected chi connectivity index (χ0v) is 13.7. The molecule has 0 bridgehead atoms. The van der Waals surface area contributed by atoms with E-state index in [1.54, 1.807) is 0 Å². The van der Waals surface area contributed by atoms with Crippen molar-refractivity contribution < 1.29 is 9.47 Å². The first kappa shape index (κ1) is 13.9. The van der Waals surface area contributed by atoms with Gasteiger partial charge >= 0.3 is 0 Å². The van der Waals surface area contributed by atoms with Gasteiger partial charge in [-0.3, -0.25) is 0 Å². The molecule has 1 aromatic carbocycles. The zero-order chi connectivity index (χ0) is 14.3. The summed E-state index contributed by atoms with van der Waals surface area (Å²) in [6.07, 6.45) is 4.26. The van der Waals surface area contributed by atoms with Crippen LogP contribution in [0.5, 0.6) is 11.5 Å². The average molecular weight is 353 g/mol. The molecule has 2 heterocycles. The molecule has 0 unspecified atom stereocenters. The molecule has 1 N–H and O–H groups in total. The van der Waals surface area contributed by atoms with Gasteiger partial charge in [-0.1, -0.05) is 15.9 Å². The molecule has 3 aliphatic rings. The minimum absolute atomic E-state index is 0.334. The lowest BCUT2D eigenvalue weighted by molar-refractivity contribution is -0.138. The lowest BCUT2D eigenvalue weighted by Gasteiger charge is -2.35. The van der Waals surface area contributed by atoms with E-state index in [1.165, 1.54) is 12.0 Å². The monoisotopic (exact) mass is 352 g/mol. The van der Waals surface area contributed by atoms with Crippen LogP contribution in [-0.2, 0) is 6.42 Å². The largest absolute Gasteiger partial charge is 0.448 e. The molecule has 0 amide bonds. The number of halogens is 1. The molecule has 1 saturated heterocycles. The van der Waals surface area contributed by atoms with Crippen LogP contribution in [0.25, 0.3) is 0 Å². The Balaban J connectivity index is 1.45. The number of ether oxygens (including phenoxy) is 2. The van der Waals surface area contributed by atoms with E-state index in [4.69, 9.17) is 9.47 Å². The number of nitrogens with zero attached hydrogens (tertiary/aromatic N) is 1. The molecule has 0 aromatic heterocycles. The third-order valence-corrected chi connectivity index (χ3v) is 5.47. The molecule has 0 radical (unpaired) electrons. The minimum Gasteiger partial charge on any atom is -0.448 e. The van der Waals surface area contributed by atoms with Gasteiger partial charge in [0.1, 0.15) is 0 Å². The van der Waals surface area contributed by atoms with Crippen LogP contribution in [0.15, 0.2) is 16.6 Å². The number of nitrogens with one attached hydrogen (secondary N) is 1. The molecule has 5 heteroatoms. The number of rotatable bonds is 3. The van der Waals surface area contributed by atoms with Crippen LogP contribution in [0.4, 0.5) is 0 Å². The maximum Gasteiger partial charge on any atom is 0.251 e. The molecule has 1 spiro atoms. The van der Waals surface area contributed by atoms with Crippen molar-refractivity contribution in [3.05, 3.63) is 22.2 Å². The maximum absolute atomic E-state index is 6.05. The summed E-state index contributed by atoms with van der Waals surface area (Å²) in [6.45, 7) is 5.59. The summed E-state index contributed by atoms with van der Waals surface area (Å²) in [7, 11) is 0. The third kappa shape index (κ3) is 2.67. The van der Waals surface area contributed by atoms with E-state index in [-0.39, 0.29) is 5.79 Å². The molecule has 1 aliphatic carbocycles. The summed E-state index contributed by atoms with van der Waals surface area (Å²) in [5.41, 5.74) is 1.31. The summed E-state index contributed by atoms with van der Waals surface area (Å²) >= 11 is 3.69. The van der Waals surface area contributed by atoms with E-state index < -0.39 is 0 Å². The number of benzene rings is 1. The normalized spacial score (nSPS) is 23.3. The van der Waals surface area contributed by atoms with Gasteiger partial charge in [-0.05, 0) is 30.5 Å². The lowest BCUT2D eigenvalue weighted by Crippen LogP contribution is -2.45. The Morgan fingerprint density at radius 1 is 1.14 bits per heavy atom. The average Bonchev–Trinajstić information content (AvgIpc) is 2.85. The van der Waals surface area contributed by atoms with Crippen molar-refractivity contribution in [2.75, 3.05) is 32.7 Å². The Hall–Kier alpha value is -0.780. The maximum atomic E-state index is 6.05. The molecule has 1 saturated carbocycles. The molecular formula is C16H21BrN2O2. The summed E-state index contributed by atoms with van der Waals surface area (Å²) in [4.78, 5) is 2.51. The van der Waals surface area contributed by atoms with E-state index in [0.29, 0.717) is 0 Å². The van der Waals surface area contributed by atoms with Gasteiger partial charge in [0.15, 0.2) is 11.5 Å². The second kappa shape index (κ2) is 5.45. The first-order valence-electron chi connectivity index (χ1n) is 7.88. The first-order chi connectivity index (χ1) is 10.2. The number of hydrogen-bond acceptors (Lipinski definition) is 4. The topological polar surface area (TPSA) is 33.7 Å². The quantitative estimate of drug-likeness (QED) is 0.906. The molecular weight excluding hydrogens is 332 g/mol. The van der Waals surface area contributed by atoms with Crippen molar-refractivity contribution in [3.63, 3.8) is 0 Å². The fourth-order valence-corrected chi connectivity index (χ4v) is 3.75. The highest BCUT2D eigenvalue weighted by Gasteiger charge is 2.47. The molecule has 4 rings (SSSR count). The van der Waals surface area contributed by atoms with Crippen LogP contribution in [0, 0.1) is 0 Å². The molecule has 2 aliphatic heterocycles. The standard InChI is InChI=1S/C16H21BrN2O2/c17-13-11-15-14(20-16(21-15)3-1-4-16)10-12(13)2-7-19-8-5-18-6-9-19/h10-11,18H,1-9H2. The van der Waals surface area contributed by atoms with E-state index in [1.807, 2.05) is 0 Å². The summed E-state index contributed by atoms with van der Waals surface area (Å²) in [5.74, 6) is 1.49. The van der Waals surface area contributed by atoms with Gasteiger partial charge in [-0.2, -0.15) is 0 Å². The van der Waals surface area contributed by atoms with Gasteiger partial charge in [-0.15, -0.1) is 0 Å². The van der Waals surface area contributed by atoms with Gasteiger partial charge < -0.3 is 19.7 Å². The Kier molecular flexibility index (Phi) is 3.59. The van der Waals surface area contributed by atoms with Crippen LogP contribution in [0.3, 0.4) is 0 Å². The fraction of sp³-hybridized carbons (Fsp3) is 0.625. The zero-order valence-electron chi connectivity index (χ0n) is 12.2. The molecule has 114 valence electrons.